The topological polar surface area (TPSA) is 94.6 Å². The fourth-order valence-corrected chi connectivity index (χ4v) is 2.95. The van der Waals surface area contributed by atoms with Gasteiger partial charge in [-0.1, -0.05) is 19.9 Å². The molecule has 0 radical (unpaired) electrons. The van der Waals surface area contributed by atoms with E-state index in [1.807, 2.05) is 17.2 Å². The van der Waals surface area contributed by atoms with Gasteiger partial charge in [0.15, 0.2) is 0 Å². The van der Waals surface area contributed by atoms with Crippen LogP contribution in [0.1, 0.15) is 46.9 Å². The minimum Gasteiger partial charge on any atom is -0.325 e. The second kappa shape index (κ2) is 7.63. The third-order valence-corrected chi connectivity index (χ3v) is 4.40. The van der Waals surface area contributed by atoms with Gasteiger partial charge in [-0.2, -0.15) is 0 Å². The Balaban J connectivity index is 1.81. The van der Waals surface area contributed by atoms with Gasteiger partial charge in [-0.05, 0) is 41.3 Å². The third-order valence-electron chi connectivity index (χ3n) is 4.40. The first-order chi connectivity index (χ1) is 12.5. The van der Waals surface area contributed by atoms with E-state index < -0.39 is 5.91 Å². The van der Waals surface area contributed by atoms with Gasteiger partial charge in [-0.3, -0.25) is 24.7 Å². The van der Waals surface area contributed by atoms with Gasteiger partial charge in [-0.25, -0.2) is 5.48 Å². The lowest BCUT2D eigenvalue weighted by Gasteiger charge is -2.19. The standard InChI is InChI=1S/C19H22N4O3/c1-12(2)14-3-5-16(20-8-14)10-23-9-15-7-13(19(25)22-26)4-6-17(15)21-18(24)11-23/h3-8,12,26H,9-11H2,1-2H3,(H,21,24)(H,22,25). The van der Waals surface area contributed by atoms with Crippen LogP contribution < -0.4 is 10.8 Å². The summed E-state index contributed by atoms with van der Waals surface area (Å²) in [5.41, 5.74) is 5.51. The molecule has 0 fully saturated rings. The number of carbonyl (C=O) groups excluding carboxylic acids is 2. The fraction of sp³-hybridized carbons (Fsp3) is 0.316. The molecule has 26 heavy (non-hydrogen) atoms. The zero-order valence-electron chi connectivity index (χ0n) is 14.8. The van der Waals surface area contributed by atoms with Crippen LogP contribution >= 0.6 is 0 Å². The average Bonchev–Trinajstić information content (AvgIpc) is 2.78. The van der Waals surface area contributed by atoms with Crippen molar-refractivity contribution in [2.45, 2.75) is 32.9 Å². The molecule has 1 aliphatic rings. The Bertz CT molecular complexity index is 818. The van der Waals surface area contributed by atoms with E-state index in [-0.39, 0.29) is 12.5 Å². The summed E-state index contributed by atoms with van der Waals surface area (Å²) in [5.74, 6) is -0.272. The van der Waals surface area contributed by atoms with Crippen LogP contribution in [0.3, 0.4) is 0 Å². The van der Waals surface area contributed by atoms with Crippen molar-refractivity contribution >= 4 is 17.5 Å². The summed E-state index contributed by atoms with van der Waals surface area (Å²) < 4.78 is 0. The summed E-state index contributed by atoms with van der Waals surface area (Å²) >= 11 is 0. The molecule has 0 bridgehead atoms. The van der Waals surface area contributed by atoms with Crippen LogP contribution in [0.5, 0.6) is 0 Å². The number of pyridine rings is 1. The average molecular weight is 354 g/mol. The lowest BCUT2D eigenvalue weighted by molar-refractivity contribution is -0.117. The first-order valence-electron chi connectivity index (χ1n) is 8.50. The molecule has 3 N–H and O–H groups in total. The van der Waals surface area contributed by atoms with Crippen molar-refractivity contribution in [3.05, 3.63) is 58.9 Å². The normalized spacial score (nSPS) is 14.5. The number of fused-ring (bicyclic) bond motifs is 1. The van der Waals surface area contributed by atoms with Gasteiger partial charge in [0.1, 0.15) is 0 Å². The molecule has 3 rings (SSSR count). The minimum atomic E-state index is -0.583. The third kappa shape index (κ3) is 4.07. The lowest BCUT2D eigenvalue weighted by Crippen LogP contribution is -2.29. The Kier molecular flexibility index (Phi) is 5.29. The SMILES string of the molecule is CC(C)c1ccc(CN2CC(=O)Nc3ccc(C(=O)NO)cc3C2)nc1. The van der Waals surface area contributed by atoms with Gasteiger partial charge >= 0.3 is 0 Å². The van der Waals surface area contributed by atoms with Crippen molar-refractivity contribution in [2.24, 2.45) is 0 Å². The highest BCUT2D eigenvalue weighted by molar-refractivity contribution is 5.97. The van der Waals surface area contributed by atoms with Gasteiger partial charge in [0.2, 0.25) is 5.91 Å². The number of carbonyl (C=O) groups is 2. The van der Waals surface area contributed by atoms with Crippen LogP contribution in [0.2, 0.25) is 0 Å². The fourth-order valence-electron chi connectivity index (χ4n) is 2.95. The summed E-state index contributed by atoms with van der Waals surface area (Å²) in [5, 5.41) is 11.7. The quantitative estimate of drug-likeness (QED) is 0.578. The number of hydrogen-bond donors (Lipinski definition) is 3. The van der Waals surface area contributed by atoms with Crippen molar-refractivity contribution in [1.29, 1.82) is 0 Å². The molecule has 0 spiro atoms. The molecule has 1 aromatic heterocycles. The maximum Gasteiger partial charge on any atom is 0.274 e. The number of nitrogens with zero attached hydrogens (tertiary/aromatic N) is 2. The van der Waals surface area contributed by atoms with Crippen molar-refractivity contribution < 1.29 is 14.8 Å². The van der Waals surface area contributed by atoms with E-state index in [1.54, 1.807) is 23.7 Å². The van der Waals surface area contributed by atoms with Gasteiger partial charge in [0, 0.05) is 30.5 Å². The summed E-state index contributed by atoms with van der Waals surface area (Å²) in [7, 11) is 0. The van der Waals surface area contributed by atoms with E-state index in [4.69, 9.17) is 5.21 Å². The first-order valence-corrected chi connectivity index (χ1v) is 8.50. The number of nitrogens with one attached hydrogen (secondary N) is 2. The zero-order chi connectivity index (χ0) is 18.7. The van der Waals surface area contributed by atoms with Gasteiger partial charge in [0.25, 0.3) is 5.91 Å². The predicted octanol–water partition coefficient (Wildman–Crippen LogP) is 2.28. The van der Waals surface area contributed by atoms with E-state index in [2.05, 4.69) is 30.2 Å². The van der Waals surface area contributed by atoms with Crippen molar-refractivity contribution in [3.63, 3.8) is 0 Å². The van der Waals surface area contributed by atoms with Crippen molar-refractivity contribution in [2.75, 3.05) is 11.9 Å². The number of rotatable bonds is 4. The maximum absolute atomic E-state index is 12.2. The summed E-state index contributed by atoms with van der Waals surface area (Å²) in [6.45, 7) is 5.50. The van der Waals surface area contributed by atoms with E-state index in [0.717, 1.165) is 11.3 Å². The van der Waals surface area contributed by atoms with Crippen molar-refractivity contribution in [3.8, 4) is 0 Å². The molecule has 0 atom stereocenters. The van der Waals surface area contributed by atoms with E-state index >= 15 is 0 Å². The summed E-state index contributed by atoms with van der Waals surface area (Å²) in [4.78, 5) is 30.3. The number of hydrogen-bond acceptors (Lipinski definition) is 5. The number of aromatic nitrogens is 1. The number of hydroxylamine groups is 1. The summed E-state index contributed by atoms with van der Waals surface area (Å²) in [6, 6.07) is 8.95. The van der Waals surface area contributed by atoms with Gasteiger partial charge in [0.05, 0.1) is 12.2 Å². The zero-order valence-corrected chi connectivity index (χ0v) is 14.8. The molecule has 1 aromatic carbocycles. The van der Waals surface area contributed by atoms with E-state index in [9.17, 15) is 9.59 Å². The molecule has 1 aliphatic heterocycles. The van der Waals surface area contributed by atoms with Crippen LogP contribution in [-0.2, 0) is 17.9 Å². The Morgan fingerprint density at radius 3 is 2.77 bits per heavy atom. The van der Waals surface area contributed by atoms with Crippen molar-refractivity contribution in [1.82, 2.24) is 15.4 Å². The second-order valence-corrected chi connectivity index (χ2v) is 6.74. The molecule has 0 saturated carbocycles. The number of anilines is 1. The first kappa shape index (κ1) is 18.0. The molecule has 0 saturated heterocycles. The Hall–Kier alpha value is -2.77. The minimum absolute atomic E-state index is 0.109. The Morgan fingerprint density at radius 2 is 2.12 bits per heavy atom. The smallest absolute Gasteiger partial charge is 0.274 e. The molecule has 136 valence electrons. The van der Waals surface area contributed by atoms with Crippen LogP contribution in [0.15, 0.2) is 36.5 Å². The molecular weight excluding hydrogens is 332 g/mol. The lowest BCUT2D eigenvalue weighted by atomic mass is 10.1. The molecule has 0 unspecified atom stereocenters. The monoisotopic (exact) mass is 354 g/mol. The van der Waals surface area contributed by atoms with E-state index in [0.29, 0.717) is 30.3 Å². The predicted molar refractivity (Wildman–Crippen MR) is 96.8 cm³/mol. The van der Waals surface area contributed by atoms with Gasteiger partial charge in [-0.15, -0.1) is 0 Å². The molecule has 2 heterocycles. The van der Waals surface area contributed by atoms with Crippen LogP contribution in [-0.4, -0.2) is 33.5 Å². The number of amides is 2. The molecule has 7 nitrogen and oxygen atoms in total. The highest BCUT2D eigenvalue weighted by atomic mass is 16.5. The van der Waals surface area contributed by atoms with Crippen LogP contribution in [0.4, 0.5) is 5.69 Å². The highest BCUT2D eigenvalue weighted by Gasteiger charge is 2.21. The van der Waals surface area contributed by atoms with Crippen LogP contribution in [0, 0.1) is 0 Å². The molecule has 0 aliphatic carbocycles. The molecule has 2 aromatic rings. The Morgan fingerprint density at radius 1 is 1.31 bits per heavy atom. The van der Waals surface area contributed by atoms with Crippen LogP contribution in [0.25, 0.3) is 0 Å². The molecule has 2 amide bonds. The highest BCUT2D eigenvalue weighted by Crippen LogP contribution is 2.23. The molecular formula is C19H22N4O3. The Labute approximate surface area is 152 Å². The van der Waals surface area contributed by atoms with Gasteiger partial charge < -0.3 is 5.32 Å². The van der Waals surface area contributed by atoms with E-state index in [1.165, 1.54) is 5.56 Å². The molecule has 7 heteroatoms. The number of benzene rings is 1. The largest absolute Gasteiger partial charge is 0.325 e. The second-order valence-electron chi connectivity index (χ2n) is 6.74. The summed E-state index contributed by atoms with van der Waals surface area (Å²) in [6.07, 6.45) is 1.87. The maximum atomic E-state index is 12.2.